The van der Waals surface area contributed by atoms with Crippen LogP contribution in [0, 0.1) is 0 Å². The lowest BCUT2D eigenvalue weighted by Gasteiger charge is -2.20. The Morgan fingerprint density at radius 2 is 1.81 bits per heavy atom. The van der Waals surface area contributed by atoms with Crippen LogP contribution >= 0.6 is 0 Å². The number of carbonyl (C=O) groups is 1. The van der Waals surface area contributed by atoms with Crippen LogP contribution in [0.1, 0.15) is 37.4 Å². The minimum Gasteiger partial charge on any atom is -0.497 e. The summed E-state index contributed by atoms with van der Waals surface area (Å²) in [5.41, 5.74) is 2.63. The molecule has 0 unspecified atom stereocenters. The van der Waals surface area contributed by atoms with Crippen molar-refractivity contribution in [3.05, 3.63) is 53.6 Å². The van der Waals surface area contributed by atoms with Crippen molar-refractivity contribution >= 4 is 11.6 Å². The van der Waals surface area contributed by atoms with Crippen LogP contribution in [0.3, 0.4) is 0 Å². The quantitative estimate of drug-likeness (QED) is 0.778. The van der Waals surface area contributed by atoms with Crippen LogP contribution in [0.5, 0.6) is 17.2 Å². The highest BCUT2D eigenvalue weighted by atomic mass is 16.5. The Balaban J connectivity index is 1.94. The molecule has 1 heterocycles. The maximum Gasteiger partial charge on any atom is 0.240 e. The Labute approximate surface area is 159 Å². The van der Waals surface area contributed by atoms with Crippen LogP contribution in [0.4, 0.5) is 0 Å². The number of ether oxygens (including phenoxy) is 3. The van der Waals surface area contributed by atoms with Crippen LogP contribution in [-0.2, 0) is 4.79 Å². The highest BCUT2D eigenvalue weighted by molar-refractivity contribution is 6.05. The molecule has 2 aromatic rings. The summed E-state index contributed by atoms with van der Waals surface area (Å²) in [6.07, 6.45) is 0.594. The molecule has 0 aromatic heterocycles. The van der Waals surface area contributed by atoms with Gasteiger partial charge in [-0.25, -0.2) is 5.01 Å². The second-order valence-electron chi connectivity index (χ2n) is 6.20. The summed E-state index contributed by atoms with van der Waals surface area (Å²) >= 11 is 0. The fourth-order valence-electron chi connectivity index (χ4n) is 3.22. The van der Waals surface area contributed by atoms with Crippen molar-refractivity contribution in [3.8, 4) is 17.2 Å². The SMILES string of the molecule is CCOc1ccc([C@@H]2CC(c3cc(OC)ccc3OC)=NN2C(C)=O)cc1. The van der Waals surface area contributed by atoms with E-state index in [1.807, 2.05) is 49.4 Å². The van der Waals surface area contributed by atoms with Gasteiger partial charge >= 0.3 is 0 Å². The van der Waals surface area contributed by atoms with Gasteiger partial charge in [0.1, 0.15) is 17.2 Å². The molecule has 6 nitrogen and oxygen atoms in total. The maximum atomic E-state index is 12.2. The zero-order valence-electron chi connectivity index (χ0n) is 16.1. The molecule has 0 N–H and O–H groups in total. The molecule has 27 heavy (non-hydrogen) atoms. The fourth-order valence-corrected chi connectivity index (χ4v) is 3.22. The van der Waals surface area contributed by atoms with Crippen LogP contribution < -0.4 is 14.2 Å². The molecule has 142 valence electrons. The van der Waals surface area contributed by atoms with E-state index in [-0.39, 0.29) is 11.9 Å². The van der Waals surface area contributed by atoms with Crippen molar-refractivity contribution in [1.82, 2.24) is 5.01 Å². The van der Waals surface area contributed by atoms with Gasteiger partial charge in [0.05, 0.1) is 32.6 Å². The van der Waals surface area contributed by atoms with Gasteiger partial charge in [-0.3, -0.25) is 4.79 Å². The lowest BCUT2D eigenvalue weighted by molar-refractivity contribution is -0.130. The van der Waals surface area contributed by atoms with E-state index in [1.165, 1.54) is 11.9 Å². The van der Waals surface area contributed by atoms with E-state index < -0.39 is 0 Å². The van der Waals surface area contributed by atoms with Gasteiger partial charge in [0.2, 0.25) is 5.91 Å². The van der Waals surface area contributed by atoms with Gasteiger partial charge in [-0.2, -0.15) is 5.10 Å². The van der Waals surface area contributed by atoms with E-state index in [0.717, 1.165) is 22.6 Å². The standard InChI is InChI=1S/C21H24N2O4/c1-5-27-16-8-6-15(7-9-16)20-13-19(22-23(20)14(2)24)18-12-17(25-3)10-11-21(18)26-4/h6-12,20H,5,13H2,1-4H3/t20-/m0/s1. The van der Waals surface area contributed by atoms with E-state index in [4.69, 9.17) is 14.2 Å². The van der Waals surface area contributed by atoms with E-state index >= 15 is 0 Å². The van der Waals surface area contributed by atoms with Crippen LogP contribution in [0.15, 0.2) is 47.6 Å². The number of methoxy groups -OCH3 is 2. The van der Waals surface area contributed by atoms with Crippen LogP contribution in [0.2, 0.25) is 0 Å². The predicted molar refractivity (Wildman–Crippen MR) is 104 cm³/mol. The molecular weight excluding hydrogens is 344 g/mol. The number of hydrogen-bond acceptors (Lipinski definition) is 5. The van der Waals surface area contributed by atoms with Crippen molar-refractivity contribution in [2.75, 3.05) is 20.8 Å². The lowest BCUT2D eigenvalue weighted by Crippen LogP contribution is -2.24. The summed E-state index contributed by atoms with van der Waals surface area (Å²) in [6, 6.07) is 13.2. The second-order valence-corrected chi connectivity index (χ2v) is 6.20. The monoisotopic (exact) mass is 368 g/mol. The maximum absolute atomic E-state index is 12.2. The predicted octanol–water partition coefficient (Wildman–Crippen LogP) is 3.80. The number of carbonyl (C=O) groups excluding carboxylic acids is 1. The average Bonchev–Trinajstić information content (AvgIpc) is 3.14. The van der Waals surface area contributed by atoms with Crippen molar-refractivity contribution in [2.45, 2.75) is 26.3 Å². The molecule has 1 aliphatic rings. The molecule has 0 spiro atoms. The number of hydrazone groups is 1. The van der Waals surface area contributed by atoms with Crippen molar-refractivity contribution in [3.63, 3.8) is 0 Å². The van der Waals surface area contributed by atoms with Crippen molar-refractivity contribution in [1.29, 1.82) is 0 Å². The first-order chi connectivity index (χ1) is 13.1. The fraction of sp³-hybridized carbons (Fsp3) is 0.333. The Bertz CT molecular complexity index is 846. The van der Waals surface area contributed by atoms with Crippen LogP contribution in [0.25, 0.3) is 0 Å². The summed E-state index contributed by atoms with van der Waals surface area (Å²) in [4.78, 5) is 12.2. The third-order valence-electron chi connectivity index (χ3n) is 4.53. The number of nitrogens with zero attached hydrogens (tertiary/aromatic N) is 2. The normalized spacial score (nSPS) is 16.1. The average molecular weight is 368 g/mol. The molecule has 2 aromatic carbocycles. The van der Waals surface area contributed by atoms with Gasteiger partial charge in [-0.05, 0) is 42.8 Å². The molecular formula is C21H24N2O4. The molecule has 0 saturated carbocycles. The van der Waals surface area contributed by atoms with E-state index in [1.54, 1.807) is 14.2 Å². The molecule has 1 aliphatic heterocycles. The van der Waals surface area contributed by atoms with E-state index in [9.17, 15) is 4.79 Å². The second kappa shape index (κ2) is 8.12. The Morgan fingerprint density at radius 3 is 2.41 bits per heavy atom. The Hall–Kier alpha value is -3.02. The molecule has 0 aliphatic carbocycles. The lowest BCUT2D eigenvalue weighted by atomic mass is 9.97. The smallest absolute Gasteiger partial charge is 0.240 e. The van der Waals surface area contributed by atoms with Gasteiger partial charge in [0.25, 0.3) is 0 Å². The Kier molecular flexibility index (Phi) is 5.64. The molecule has 0 radical (unpaired) electrons. The van der Waals surface area contributed by atoms with E-state index in [2.05, 4.69) is 5.10 Å². The number of hydrogen-bond donors (Lipinski definition) is 0. The van der Waals surface area contributed by atoms with Gasteiger partial charge in [0, 0.05) is 18.9 Å². The summed E-state index contributed by atoms with van der Waals surface area (Å²) in [6.45, 7) is 4.09. The van der Waals surface area contributed by atoms with Gasteiger partial charge in [0.15, 0.2) is 0 Å². The van der Waals surface area contributed by atoms with Crippen molar-refractivity contribution < 1.29 is 19.0 Å². The number of rotatable bonds is 6. The first-order valence-corrected chi connectivity index (χ1v) is 8.89. The van der Waals surface area contributed by atoms with Gasteiger partial charge in [-0.15, -0.1) is 0 Å². The molecule has 0 fully saturated rings. The molecule has 1 amide bonds. The first-order valence-electron chi connectivity index (χ1n) is 8.89. The first kappa shape index (κ1) is 18.8. The largest absolute Gasteiger partial charge is 0.497 e. The highest BCUT2D eigenvalue weighted by Gasteiger charge is 2.32. The third kappa shape index (κ3) is 3.89. The van der Waals surface area contributed by atoms with Gasteiger partial charge < -0.3 is 14.2 Å². The zero-order valence-corrected chi connectivity index (χ0v) is 16.1. The summed E-state index contributed by atoms with van der Waals surface area (Å²) < 4.78 is 16.3. The van der Waals surface area contributed by atoms with E-state index in [0.29, 0.717) is 24.5 Å². The highest BCUT2D eigenvalue weighted by Crippen LogP contribution is 2.36. The number of amides is 1. The molecule has 0 saturated heterocycles. The Morgan fingerprint density at radius 1 is 1.11 bits per heavy atom. The minimum atomic E-state index is -0.163. The minimum absolute atomic E-state index is 0.106. The molecule has 1 atom stereocenters. The summed E-state index contributed by atoms with van der Waals surface area (Å²) in [5, 5.41) is 6.12. The van der Waals surface area contributed by atoms with Crippen LogP contribution in [-0.4, -0.2) is 37.5 Å². The third-order valence-corrected chi connectivity index (χ3v) is 4.53. The van der Waals surface area contributed by atoms with Crippen molar-refractivity contribution in [2.24, 2.45) is 5.10 Å². The molecule has 3 rings (SSSR count). The van der Waals surface area contributed by atoms with Gasteiger partial charge in [-0.1, -0.05) is 12.1 Å². The summed E-state index contributed by atoms with van der Waals surface area (Å²) in [7, 11) is 3.24. The molecule has 0 bridgehead atoms. The topological polar surface area (TPSA) is 60.4 Å². The molecule has 6 heteroatoms. The summed E-state index contributed by atoms with van der Waals surface area (Å²) in [5.74, 6) is 2.12. The zero-order chi connectivity index (χ0) is 19.4. The number of benzene rings is 2.